The van der Waals surface area contributed by atoms with Gasteiger partial charge in [0.15, 0.2) is 12.0 Å². The number of nitrogens with two attached hydrogens (primary N) is 5. The highest BCUT2D eigenvalue weighted by Gasteiger charge is 2.37. The average Bonchev–Trinajstić information content (AvgIpc) is 3.40. The van der Waals surface area contributed by atoms with Crippen LogP contribution in [0.4, 0.5) is 0 Å². The Morgan fingerprint density at radius 2 is 0.926 bits per heavy atom. The molecule has 0 spiro atoms. The van der Waals surface area contributed by atoms with E-state index in [0.29, 0.717) is 5.56 Å². The van der Waals surface area contributed by atoms with E-state index in [4.69, 9.17) is 28.7 Å². The van der Waals surface area contributed by atoms with Crippen LogP contribution in [-0.4, -0.2) is 184 Å². The van der Waals surface area contributed by atoms with Crippen LogP contribution in [0.25, 0.3) is 0 Å². The van der Waals surface area contributed by atoms with Gasteiger partial charge in [0.25, 0.3) is 0 Å². The first-order valence-corrected chi connectivity index (χ1v) is 26.1. The fourth-order valence-electron chi connectivity index (χ4n) is 7.60. The molecule has 0 saturated heterocycles. The van der Waals surface area contributed by atoms with Crippen LogP contribution < -0.4 is 76.5 Å². The third-order valence-electron chi connectivity index (χ3n) is 12.1. The Bertz CT molecular complexity index is 2350. The van der Waals surface area contributed by atoms with E-state index in [-0.39, 0.29) is 56.9 Å². The molecule has 0 aliphatic heterocycles. The van der Waals surface area contributed by atoms with Crippen molar-refractivity contribution in [2.24, 2.45) is 51.4 Å². The van der Waals surface area contributed by atoms with E-state index in [1.54, 1.807) is 44.2 Å². The van der Waals surface area contributed by atoms with Crippen molar-refractivity contribution in [2.45, 2.75) is 160 Å². The van der Waals surface area contributed by atoms with Gasteiger partial charge in [-0.3, -0.25) is 57.7 Å². The van der Waals surface area contributed by atoms with Crippen LogP contribution in [0.5, 0.6) is 0 Å². The van der Waals surface area contributed by atoms with Gasteiger partial charge in [0.05, 0.1) is 31.8 Å². The number of benzene rings is 1. The van der Waals surface area contributed by atoms with Crippen LogP contribution in [-0.2, 0) is 64.0 Å². The quantitative estimate of drug-likeness (QED) is 0.0167. The van der Waals surface area contributed by atoms with Crippen molar-refractivity contribution in [2.75, 3.05) is 19.8 Å². The largest absolute Gasteiger partial charge is 0.480 e. The number of aliphatic carboxylic acids is 1. The summed E-state index contributed by atoms with van der Waals surface area (Å²) in [5, 5.41) is 61.1. The number of rotatable bonds is 37. The molecule has 31 nitrogen and oxygen atoms in total. The van der Waals surface area contributed by atoms with E-state index in [1.165, 1.54) is 27.7 Å². The van der Waals surface area contributed by atoms with Gasteiger partial charge in [0.1, 0.15) is 48.3 Å². The molecule has 0 radical (unpaired) electrons. The number of nitrogens with one attached hydrogen (secondary N) is 9. The van der Waals surface area contributed by atoms with Crippen molar-refractivity contribution in [1.29, 1.82) is 0 Å². The summed E-state index contributed by atoms with van der Waals surface area (Å²) in [4.78, 5) is 162. The van der Waals surface area contributed by atoms with Crippen molar-refractivity contribution in [3.8, 4) is 0 Å². The molecule has 0 unspecified atom stereocenters. The third-order valence-corrected chi connectivity index (χ3v) is 12.1. The maximum atomic E-state index is 14.2. The standard InChI is InChI=1S/C50H83N15O16/c1-23(2)18-30(59-45(76)33(21-66)61-43(74)31(19-27-12-9-8-10-13-27)58-40(71)28(51)15-16-35(52)69)42(73)57-29(14-11-17-56-50(54)55)41(72)63-37(24(3)4)47(78)60-32(20-36(53)70)44(75)62-34(22-67)46(77)64-38(25(5)6)48(79)65-39(26(7)68)49(80)81/h8-10,12-13,23-26,28-34,37-39,66-68H,11,14-22,51H2,1-7H3,(H2,52,69)(H2,53,70)(H,57,73)(H,58,71)(H,59,76)(H,60,78)(H,61,74)(H,62,75)(H,63,72)(H,64,77)(H,65,79)(H,80,81)(H4,54,55,56)/t26-,28+,29+,30+,31+,32+,33+,34+,37+,38+,39+/m1/s1. The number of carboxylic acid groups (broad SMARTS) is 1. The monoisotopic (exact) mass is 1150 g/mol. The van der Waals surface area contributed by atoms with Gasteiger partial charge in [-0.25, -0.2) is 4.79 Å². The van der Waals surface area contributed by atoms with E-state index in [0.717, 1.165) is 6.92 Å². The summed E-state index contributed by atoms with van der Waals surface area (Å²) in [5.41, 5.74) is 28.1. The lowest BCUT2D eigenvalue weighted by atomic mass is 10.00. The van der Waals surface area contributed by atoms with E-state index in [1.807, 2.05) is 0 Å². The van der Waals surface area contributed by atoms with Crippen molar-refractivity contribution in [3.05, 3.63) is 35.9 Å². The lowest BCUT2D eigenvalue weighted by Crippen LogP contribution is -2.62. The Kier molecular flexibility index (Phi) is 31.2. The first-order valence-electron chi connectivity index (χ1n) is 26.1. The number of carboxylic acids is 1. The van der Waals surface area contributed by atoms with Crippen molar-refractivity contribution in [3.63, 3.8) is 0 Å². The number of hydrogen-bond acceptors (Lipinski definition) is 17. The Balaban J connectivity index is 3.46. The maximum absolute atomic E-state index is 14.2. The highest BCUT2D eigenvalue weighted by atomic mass is 16.4. The molecular weight excluding hydrogens is 1070 g/mol. The second kappa shape index (κ2) is 35.6. The Hall–Kier alpha value is -8.03. The predicted molar refractivity (Wildman–Crippen MR) is 290 cm³/mol. The van der Waals surface area contributed by atoms with Crippen LogP contribution in [0.15, 0.2) is 35.3 Å². The second-order valence-corrected chi connectivity index (χ2v) is 20.3. The summed E-state index contributed by atoms with van der Waals surface area (Å²) < 4.78 is 0. The molecule has 0 saturated carbocycles. The van der Waals surface area contributed by atoms with Crippen molar-refractivity contribution < 1.29 is 78.0 Å². The summed E-state index contributed by atoms with van der Waals surface area (Å²) in [6.07, 6.45) is -3.06. The van der Waals surface area contributed by atoms with Gasteiger partial charge < -0.3 is 96.9 Å². The Morgan fingerprint density at radius 1 is 0.506 bits per heavy atom. The summed E-state index contributed by atoms with van der Waals surface area (Å²) >= 11 is 0. The molecule has 0 aliphatic carbocycles. The molecule has 11 atom stereocenters. The van der Waals surface area contributed by atoms with Gasteiger partial charge in [-0.15, -0.1) is 0 Å². The minimum atomic E-state index is -1.85. The zero-order chi connectivity index (χ0) is 61.8. The molecule has 1 aromatic carbocycles. The third kappa shape index (κ3) is 26.2. The van der Waals surface area contributed by atoms with Crippen LogP contribution in [0.1, 0.15) is 92.6 Å². The van der Waals surface area contributed by atoms with Gasteiger partial charge in [0, 0.05) is 19.4 Å². The van der Waals surface area contributed by atoms with Crippen LogP contribution in [0, 0.1) is 17.8 Å². The lowest BCUT2D eigenvalue weighted by molar-refractivity contribution is -0.145. The topological polar surface area (TPSA) is 536 Å². The summed E-state index contributed by atoms with van der Waals surface area (Å²) in [6.45, 7) is 8.37. The van der Waals surface area contributed by atoms with E-state index >= 15 is 0 Å². The number of carbonyl (C=O) groups excluding carboxylic acids is 11. The molecule has 454 valence electrons. The highest BCUT2D eigenvalue weighted by Crippen LogP contribution is 2.12. The molecular formula is C50H83N15O16. The number of aliphatic imine (C=N–C) groups is 1. The van der Waals surface area contributed by atoms with Gasteiger partial charge in [-0.1, -0.05) is 71.9 Å². The normalized spacial score (nSPS) is 15.2. The predicted octanol–water partition coefficient (Wildman–Crippen LogP) is -7.08. The fourth-order valence-corrected chi connectivity index (χ4v) is 7.60. The zero-order valence-corrected chi connectivity index (χ0v) is 46.6. The summed E-state index contributed by atoms with van der Waals surface area (Å²) in [7, 11) is 0. The number of guanidine groups is 1. The Labute approximate surface area is 468 Å². The minimum Gasteiger partial charge on any atom is -0.480 e. The van der Waals surface area contributed by atoms with Crippen LogP contribution in [0.2, 0.25) is 0 Å². The minimum absolute atomic E-state index is 0.0403. The van der Waals surface area contributed by atoms with Gasteiger partial charge in [-0.2, -0.15) is 0 Å². The molecule has 11 amide bonds. The highest BCUT2D eigenvalue weighted by molar-refractivity contribution is 5.99. The van der Waals surface area contributed by atoms with Crippen molar-refractivity contribution >= 4 is 76.9 Å². The molecule has 0 aromatic heterocycles. The van der Waals surface area contributed by atoms with E-state index in [9.17, 15) is 78.0 Å². The number of aliphatic hydroxyl groups is 3. The lowest BCUT2D eigenvalue weighted by Gasteiger charge is -2.29. The fraction of sp³-hybridized carbons (Fsp3) is 0.620. The van der Waals surface area contributed by atoms with E-state index < -0.39 is 169 Å². The molecule has 0 fully saturated rings. The molecule has 31 heteroatoms. The zero-order valence-electron chi connectivity index (χ0n) is 46.6. The second-order valence-electron chi connectivity index (χ2n) is 20.3. The van der Waals surface area contributed by atoms with Gasteiger partial charge >= 0.3 is 5.97 Å². The number of nitrogens with zero attached hydrogens (tertiary/aromatic N) is 1. The Morgan fingerprint density at radius 3 is 1.38 bits per heavy atom. The molecule has 23 N–H and O–H groups in total. The molecule has 81 heavy (non-hydrogen) atoms. The van der Waals surface area contributed by atoms with Gasteiger partial charge in [-0.05, 0) is 55.9 Å². The van der Waals surface area contributed by atoms with Crippen LogP contribution >= 0.6 is 0 Å². The van der Waals surface area contributed by atoms with Gasteiger partial charge in [0.2, 0.25) is 65.0 Å². The number of primary amides is 2. The molecule has 0 aliphatic rings. The van der Waals surface area contributed by atoms with Crippen LogP contribution in [0.3, 0.4) is 0 Å². The molecule has 0 bridgehead atoms. The summed E-state index contributed by atoms with van der Waals surface area (Å²) in [5.74, 6) is -14.7. The molecule has 1 aromatic rings. The molecule has 1 rings (SSSR count). The number of carbonyl (C=O) groups is 12. The smallest absolute Gasteiger partial charge is 0.328 e. The number of hydrogen-bond donors (Lipinski definition) is 18. The first-order chi connectivity index (χ1) is 37.8. The van der Waals surface area contributed by atoms with Crippen molar-refractivity contribution in [1.82, 2.24) is 47.9 Å². The average molecular weight is 1150 g/mol. The summed E-state index contributed by atoms with van der Waals surface area (Å²) in [6, 6.07) is -7.25. The number of aliphatic hydroxyl groups excluding tert-OH is 3. The number of amides is 11. The first kappa shape index (κ1) is 71.0. The maximum Gasteiger partial charge on any atom is 0.328 e. The SMILES string of the molecule is CC(C)C[C@H](NC(=O)[C@H](CO)NC(=O)[C@H](Cc1ccccc1)NC(=O)[C@@H](N)CCC(N)=O)C(=O)N[C@@H](CCCN=C(N)N)C(=O)N[C@H](C(=O)N[C@@H](CC(N)=O)C(=O)N[C@@H](CO)C(=O)N[C@H](C(=O)N[C@H](C(=O)O)[C@@H](C)O)C(C)C)C(C)C. The molecule has 0 heterocycles. The van der Waals surface area contributed by atoms with E-state index in [2.05, 4.69) is 52.8 Å².